The van der Waals surface area contributed by atoms with Gasteiger partial charge in [-0.05, 0) is 86.0 Å². The van der Waals surface area contributed by atoms with Gasteiger partial charge in [0.25, 0.3) is 0 Å². The van der Waals surface area contributed by atoms with E-state index in [0.717, 1.165) is 11.1 Å². The molecule has 8 heteroatoms. The fraction of sp³-hybridized carbons (Fsp3) is 0.160. The van der Waals surface area contributed by atoms with E-state index < -0.39 is 17.6 Å². The molecule has 0 unspecified atom stereocenters. The normalized spacial score (nSPS) is 11.1. The van der Waals surface area contributed by atoms with Crippen molar-refractivity contribution in [2.24, 2.45) is 5.10 Å². The van der Waals surface area contributed by atoms with Crippen LogP contribution in [0.3, 0.4) is 0 Å². The Hall–Kier alpha value is -3.71. The van der Waals surface area contributed by atoms with Gasteiger partial charge in [-0.25, -0.2) is 9.82 Å². The molecule has 3 aromatic rings. The third-order valence-electron chi connectivity index (χ3n) is 4.73. The number of benzene rings is 3. The fourth-order valence-electron chi connectivity index (χ4n) is 3.10. The molecule has 6 nitrogen and oxygen atoms in total. The Labute approximate surface area is 196 Å². The largest absolute Gasteiger partial charge is 0.489 e. The molecular formula is C25H23ClFN3O3. The summed E-state index contributed by atoms with van der Waals surface area (Å²) in [6, 6.07) is 16.8. The minimum atomic E-state index is -0.879. The number of hydrogen-bond donors (Lipinski definition) is 2. The van der Waals surface area contributed by atoms with E-state index in [-0.39, 0.29) is 12.2 Å². The predicted octanol–water partition coefficient (Wildman–Crippen LogP) is 5.15. The standard InChI is InChI=1S/C25H23ClFN3O3/c1-15-11-16(2)13-19(12-15)28-24(31)25(32)30-29-17(3)18-7-9-20(10-8-18)33-14-21-22(26)5-4-6-23(21)27/h4-13H,14H2,1-3H3,(H,28,31)(H,30,32). The van der Waals surface area contributed by atoms with Crippen LogP contribution in [0.4, 0.5) is 10.1 Å². The smallest absolute Gasteiger partial charge is 0.329 e. The molecule has 0 atom stereocenters. The van der Waals surface area contributed by atoms with E-state index >= 15 is 0 Å². The molecule has 0 spiro atoms. The Morgan fingerprint density at radius 1 is 1.00 bits per heavy atom. The highest BCUT2D eigenvalue weighted by molar-refractivity contribution is 6.39. The molecule has 2 N–H and O–H groups in total. The third kappa shape index (κ3) is 6.63. The van der Waals surface area contributed by atoms with Crippen LogP contribution >= 0.6 is 11.6 Å². The van der Waals surface area contributed by atoms with Crippen LogP contribution in [0.25, 0.3) is 0 Å². The Bertz CT molecular complexity index is 1170. The summed E-state index contributed by atoms with van der Waals surface area (Å²) >= 11 is 6.01. The summed E-state index contributed by atoms with van der Waals surface area (Å²) in [4.78, 5) is 24.2. The number of nitrogens with zero attached hydrogens (tertiary/aromatic N) is 1. The van der Waals surface area contributed by atoms with Crippen molar-refractivity contribution in [3.8, 4) is 5.75 Å². The molecule has 0 aromatic heterocycles. The lowest BCUT2D eigenvalue weighted by molar-refractivity contribution is -0.136. The van der Waals surface area contributed by atoms with Crippen molar-refractivity contribution in [2.45, 2.75) is 27.4 Å². The molecule has 0 aliphatic heterocycles. The molecule has 0 fully saturated rings. The zero-order valence-corrected chi connectivity index (χ0v) is 19.2. The second kappa shape index (κ2) is 10.7. The first kappa shape index (κ1) is 23.9. The summed E-state index contributed by atoms with van der Waals surface area (Å²) in [5.74, 6) is -1.61. The van der Waals surface area contributed by atoms with E-state index in [1.54, 1.807) is 49.4 Å². The second-order valence-electron chi connectivity index (χ2n) is 7.48. The van der Waals surface area contributed by atoms with Gasteiger partial charge in [0.1, 0.15) is 18.2 Å². The van der Waals surface area contributed by atoms with Crippen molar-refractivity contribution >= 4 is 34.8 Å². The van der Waals surface area contributed by atoms with Crippen LogP contribution in [0.5, 0.6) is 5.75 Å². The van der Waals surface area contributed by atoms with Gasteiger partial charge in [-0.2, -0.15) is 5.10 Å². The van der Waals surface area contributed by atoms with Crippen LogP contribution in [0, 0.1) is 19.7 Å². The topological polar surface area (TPSA) is 79.8 Å². The highest BCUT2D eigenvalue weighted by Crippen LogP contribution is 2.22. The molecule has 0 heterocycles. The van der Waals surface area contributed by atoms with Gasteiger partial charge in [0, 0.05) is 11.3 Å². The van der Waals surface area contributed by atoms with E-state index in [1.807, 2.05) is 19.9 Å². The highest BCUT2D eigenvalue weighted by atomic mass is 35.5. The minimum Gasteiger partial charge on any atom is -0.489 e. The second-order valence-corrected chi connectivity index (χ2v) is 7.89. The number of hydrogen-bond acceptors (Lipinski definition) is 4. The average molecular weight is 468 g/mol. The van der Waals surface area contributed by atoms with Gasteiger partial charge in [-0.15, -0.1) is 0 Å². The van der Waals surface area contributed by atoms with Gasteiger partial charge in [-0.1, -0.05) is 23.7 Å². The predicted molar refractivity (Wildman–Crippen MR) is 127 cm³/mol. The zero-order chi connectivity index (χ0) is 24.0. The summed E-state index contributed by atoms with van der Waals surface area (Å²) < 4.78 is 19.4. The van der Waals surface area contributed by atoms with Gasteiger partial charge in [0.2, 0.25) is 0 Å². The molecule has 2 amide bonds. The van der Waals surface area contributed by atoms with Crippen molar-refractivity contribution in [1.29, 1.82) is 0 Å². The molecule has 3 rings (SSSR count). The van der Waals surface area contributed by atoms with Gasteiger partial charge >= 0.3 is 11.8 Å². The number of carbonyl (C=O) groups is 2. The molecule has 0 radical (unpaired) electrons. The first-order valence-corrected chi connectivity index (χ1v) is 10.5. The lowest BCUT2D eigenvalue weighted by Gasteiger charge is -2.09. The molecule has 0 aliphatic rings. The fourth-order valence-corrected chi connectivity index (χ4v) is 3.32. The molecule has 0 bridgehead atoms. The number of ether oxygens (including phenoxy) is 1. The molecule has 33 heavy (non-hydrogen) atoms. The van der Waals surface area contributed by atoms with E-state index in [4.69, 9.17) is 16.3 Å². The van der Waals surface area contributed by atoms with Gasteiger partial charge in [-0.3, -0.25) is 9.59 Å². The number of amides is 2. The average Bonchev–Trinajstić information content (AvgIpc) is 2.76. The van der Waals surface area contributed by atoms with E-state index in [9.17, 15) is 14.0 Å². The van der Waals surface area contributed by atoms with Gasteiger partial charge in [0.15, 0.2) is 0 Å². The van der Waals surface area contributed by atoms with Crippen LogP contribution in [-0.4, -0.2) is 17.5 Å². The van der Waals surface area contributed by atoms with E-state index in [1.165, 1.54) is 12.1 Å². The SMILES string of the molecule is CC(=NNC(=O)C(=O)Nc1cc(C)cc(C)c1)c1ccc(OCc2c(F)cccc2Cl)cc1. The lowest BCUT2D eigenvalue weighted by Crippen LogP contribution is -2.33. The minimum absolute atomic E-state index is 0.0104. The van der Waals surface area contributed by atoms with Crippen molar-refractivity contribution in [3.05, 3.63) is 93.8 Å². The highest BCUT2D eigenvalue weighted by Gasteiger charge is 2.14. The number of nitrogens with one attached hydrogen (secondary N) is 2. The van der Waals surface area contributed by atoms with Gasteiger partial charge < -0.3 is 10.1 Å². The maximum Gasteiger partial charge on any atom is 0.329 e. The van der Waals surface area contributed by atoms with Crippen LogP contribution in [0.1, 0.15) is 29.2 Å². The van der Waals surface area contributed by atoms with Crippen LogP contribution < -0.4 is 15.5 Å². The summed E-state index contributed by atoms with van der Waals surface area (Å²) in [5, 5.41) is 6.84. The quantitative estimate of drug-likeness (QED) is 0.299. The van der Waals surface area contributed by atoms with Crippen molar-refractivity contribution < 1.29 is 18.7 Å². The number of rotatable bonds is 6. The molecule has 0 aliphatic carbocycles. The van der Waals surface area contributed by atoms with E-state index in [0.29, 0.717) is 27.7 Å². The molecule has 0 saturated carbocycles. The molecule has 3 aromatic carbocycles. The summed E-state index contributed by atoms with van der Waals surface area (Å²) in [6.45, 7) is 5.49. The number of carbonyl (C=O) groups excluding carboxylic acids is 2. The van der Waals surface area contributed by atoms with Crippen LogP contribution in [0.2, 0.25) is 5.02 Å². The van der Waals surface area contributed by atoms with Crippen molar-refractivity contribution in [1.82, 2.24) is 5.43 Å². The first-order chi connectivity index (χ1) is 15.7. The third-order valence-corrected chi connectivity index (χ3v) is 5.08. The van der Waals surface area contributed by atoms with Gasteiger partial charge in [0.05, 0.1) is 10.7 Å². The maximum atomic E-state index is 13.8. The Kier molecular flexibility index (Phi) is 7.79. The lowest BCUT2D eigenvalue weighted by atomic mass is 10.1. The van der Waals surface area contributed by atoms with Crippen molar-refractivity contribution in [3.63, 3.8) is 0 Å². The molecule has 0 saturated heterocycles. The molecule has 170 valence electrons. The van der Waals surface area contributed by atoms with Crippen molar-refractivity contribution in [2.75, 3.05) is 5.32 Å². The Balaban J connectivity index is 1.56. The van der Waals surface area contributed by atoms with E-state index in [2.05, 4.69) is 15.8 Å². The number of anilines is 1. The monoisotopic (exact) mass is 467 g/mol. The summed E-state index contributed by atoms with van der Waals surface area (Å²) in [5.41, 5.74) is 6.23. The van der Waals surface area contributed by atoms with Crippen LogP contribution in [0.15, 0.2) is 65.8 Å². The van der Waals surface area contributed by atoms with Crippen LogP contribution in [-0.2, 0) is 16.2 Å². The number of halogens is 2. The maximum absolute atomic E-state index is 13.8. The number of hydrazone groups is 1. The summed E-state index contributed by atoms with van der Waals surface area (Å²) in [7, 11) is 0. The Morgan fingerprint density at radius 2 is 1.67 bits per heavy atom. The first-order valence-electron chi connectivity index (χ1n) is 10.1. The zero-order valence-electron chi connectivity index (χ0n) is 18.4. The number of aryl methyl sites for hydroxylation is 2. The molecular weight excluding hydrogens is 445 g/mol. The Morgan fingerprint density at radius 3 is 2.30 bits per heavy atom. The summed E-state index contributed by atoms with van der Waals surface area (Å²) in [6.07, 6.45) is 0.